The molecule has 0 saturated carbocycles. The number of aromatic nitrogens is 3. The van der Waals surface area contributed by atoms with E-state index in [-0.39, 0.29) is 37.4 Å². The zero-order valence-electron chi connectivity index (χ0n) is 23.1. The average molecular weight is 573 g/mol. The summed E-state index contributed by atoms with van der Waals surface area (Å²) in [5.41, 5.74) is 1.10. The third-order valence-electron chi connectivity index (χ3n) is 5.92. The topological polar surface area (TPSA) is 137 Å². The minimum absolute atomic E-state index is 0.0274. The first-order chi connectivity index (χ1) is 18.9. The molecule has 1 unspecified atom stereocenters. The largest absolute Gasteiger partial charge is 0.491 e. The van der Waals surface area contributed by atoms with Crippen LogP contribution in [0.1, 0.15) is 65.5 Å². The molecule has 0 aliphatic carbocycles. The van der Waals surface area contributed by atoms with Crippen LogP contribution in [0.2, 0.25) is 5.02 Å². The number of halogens is 1. The van der Waals surface area contributed by atoms with E-state index in [4.69, 9.17) is 30.3 Å². The summed E-state index contributed by atoms with van der Waals surface area (Å²) in [5, 5.41) is 13.7. The lowest BCUT2D eigenvalue weighted by Gasteiger charge is -2.32. The molecule has 0 spiro atoms. The summed E-state index contributed by atoms with van der Waals surface area (Å²) in [6, 6.07) is 6.63. The minimum atomic E-state index is -0.902. The van der Waals surface area contributed by atoms with Crippen LogP contribution in [0, 0.1) is 0 Å². The molecule has 2 aromatic heterocycles. The van der Waals surface area contributed by atoms with Crippen molar-refractivity contribution in [2.45, 2.75) is 71.6 Å². The molecule has 0 fully saturated rings. The third kappa shape index (κ3) is 7.01. The summed E-state index contributed by atoms with van der Waals surface area (Å²) in [7, 11) is 0. The number of hydrogen-bond donors (Lipinski definition) is 1. The van der Waals surface area contributed by atoms with Crippen molar-refractivity contribution in [3.63, 3.8) is 0 Å². The fourth-order valence-electron chi connectivity index (χ4n) is 4.32. The minimum Gasteiger partial charge on any atom is -0.491 e. The average Bonchev–Trinajstić information content (AvgIpc) is 3.27. The molecule has 11 nitrogen and oxygen atoms in total. The van der Waals surface area contributed by atoms with E-state index < -0.39 is 23.7 Å². The van der Waals surface area contributed by atoms with Crippen molar-refractivity contribution >= 4 is 23.7 Å². The molecule has 1 atom stereocenters. The van der Waals surface area contributed by atoms with Crippen LogP contribution in [0.15, 0.2) is 35.0 Å². The van der Waals surface area contributed by atoms with Gasteiger partial charge in [-0.2, -0.15) is 4.98 Å². The molecule has 1 N–H and O–H groups in total. The van der Waals surface area contributed by atoms with Gasteiger partial charge in [0.25, 0.3) is 5.89 Å². The first-order valence-electron chi connectivity index (χ1n) is 13.1. The summed E-state index contributed by atoms with van der Waals surface area (Å²) in [6.07, 6.45) is 1.70. The zero-order chi connectivity index (χ0) is 29.0. The summed E-state index contributed by atoms with van der Waals surface area (Å²) in [4.78, 5) is 34.8. The Morgan fingerprint density at radius 2 is 2.05 bits per heavy atom. The number of rotatable bonds is 8. The van der Waals surface area contributed by atoms with Gasteiger partial charge in [-0.1, -0.05) is 28.9 Å². The van der Waals surface area contributed by atoms with Crippen LogP contribution in [0.25, 0.3) is 22.8 Å². The van der Waals surface area contributed by atoms with Crippen LogP contribution in [0.3, 0.4) is 0 Å². The van der Waals surface area contributed by atoms with Crippen LogP contribution < -0.4 is 9.47 Å². The van der Waals surface area contributed by atoms with E-state index >= 15 is 0 Å². The molecule has 1 aliphatic rings. The van der Waals surface area contributed by atoms with E-state index in [1.807, 2.05) is 26.0 Å². The quantitative estimate of drug-likeness (QED) is 0.334. The number of nitrogens with zero attached hydrogens (tertiary/aromatic N) is 4. The molecular formula is C28H33ClN4O7. The maximum Gasteiger partial charge on any atom is 0.410 e. The number of amides is 1. The number of carboxylic acids is 1. The van der Waals surface area contributed by atoms with E-state index in [0.29, 0.717) is 46.2 Å². The van der Waals surface area contributed by atoms with Gasteiger partial charge in [-0.05, 0) is 59.6 Å². The van der Waals surface area contributed by atoms with Gasteiger partial charge < -0.3 is 23.8 Å². The molecule has 12 heteroatoms. The molecule has 1 amide bonds. The van der Waals surface area contributed by atoms with Crippen LogP contribution in [-0.2, 0) is 9.53 Å². The summed E-state index contributed by atoms with van der Waals surface area (Å²) in [5.74, 6) is 0.393. The second-order valence-electron chi connectivity index (χ2n) is 10.6. The Labute approximate surface area is 237 Å². The van der Waals surface area contributed by atoms with E-state index in [1.165, 1.54) is 0 Å². The molecule has 0 saturated heterocycles. The fraction of sp³-hybridized carbons (Fsp3) is 0.464. The van der Waals surface area contributed by atoms with Gasteiger partial charge in [-0.15, -0.1) is 0 Å². The number of carbonyl (C=O) groups excluding carboxylic acids is 1. The molecule has 0 radical (unpaired) electrons. The lowest BCUT2D eigenvalue weighted by Crippen LogP contribution is -2.40. The van der Waals surface area contributed by atoms with Crippen molar-refractivity contribution in [1.82, 2.24) is 20.0 Å². The number of carbonyl (C=O) groups is 2. The lowest BCUT2D eigenvalue weighted by molar-refractivity contribution is -0.137. The molecule has 1 aromatic carbocycles. The molecule has 1 aliphatic heterocycles. The van der Waals surface area contributed by atoms with Gasteiger partial charge >= 0.3 is 12.1 Å². The predicted molar refractivity (Wildman–Crippen MR) is 146 cm³/mol. The van der Waals surface area contributed by atoms with E-state index in [9.17, 15) is 14.7 Å². The number of para-hydroxylation sites is 1. The standard InChI is InChI=1S/C28H33ClN4O7/c1-16(2)38-26-20(29)14-17(15-30-26)25-31-24(32-40-25)19-9-6-8-18-21(10-7-11-22(34)35)33(12-13-37-23(18)19)27(36)39-28(3,4)5/h6,8-9,14-16,21H,7,10-13H2,1-5H3,(H,34,35). The number of pyridine rings is 1. The Kier molecular flexibility index (Phi) is 8.82. The zero-order valence-corrected chi connectivity index (χ0v) is 23.9. The molecule has 3 heterocycles. The van der Waals surface area contributed by atoms with Gasteiger partial charge in [0.1, 0.15) is 23.0 Å². The SMILES string of the molecule is CC(C)Oc1ncc(-c2nc(-c3cccc4c3OCCN(C(=O)OC(C)(C)C)C4CCCC(=O)O)no2)cc1Cl. The normalized spacial score (nSPS) is 15.3. The van der Waals surface area contributed by atoms with Gasteiger partial charge in [-0.25, -0.2) is 9.78 Å². The first-order valence-corrected chi connectivity index (χ1v) is 13.4. The molecule has 40 heavy (non-hydrogen) atoms. The Balaban J connectivity index is 1.68. The van der Waals surface area contributed by atoms with Gasteiger partial charge in [-0.3, -0.25) is 9.69 Å². The van der Waals surface area contributed by atoms with Crippen molar-refractivity contribution in [3.05, 3.63) is 41.0 Å². The Morgan fingerprint density at radius 1 is 1.27 bits per heavy atom. The van der Waals surface area contributed by atoms with Gasteiger partial charge in [0.2, 0.25) is 11.7 Å². The highest BCUT2D eigenvalue weighted by Gasteiger charge is 2.34. The van der Waals surface area contributed by atoms with E-state index in [2.05, 4.69) is 15.1 Å². The Hall–Kier alpha value is -3.86. The van der Waals surface area contributed by atoms with Crippen molar-refractivity contribution in [2.24, 2.45) is 0 Å². The highest BCUT2D eigenvalue weighted by molar-refractivity contribution is 6.32. The number of ether oxygens (including phenoxy) is 3. The molecular weight excluding hydrogens is 540 g/mol. The van der Waals surface area contributed by atoms with E-state index in [0.717, 1.165) is 0 Å². The smallest absolute Gasteiger partial charge is 0.410 e. The lowest BCUT2D eigenvalue weighted by atomic mass is 9.96. The Bertz CT molecular complexity index is 1370. The number of benzene rings is 1. The summed E-state index contributed by atoms with van der Waals surface area (Å²) in [6.45, 7) is 9.60. The number of hydrogen-bond acceptors (Lipinski definition) is 9. The number of fused-ring (bicyclic) bond motifs is 1. The second kappa shape index (κ2) is 12.1. The number of carboxylic acid groups (broad SMARTS) is 1. The molecule has 3 aromatic rings. The Morgan fingerprint density at radius 3 is 2.73 bits per heavy atom. The summed E-state index contributed by atoms with van der Waals surface area (Å²) >= 11 is 6.34. The fourth-order valence-corrected chi connectivity index (χ4v) is 4.53. The summed E-state index contributed by atoms with van der Waals surface area (Å²) < 4.78 is 22.9. The molecule has 4 rings (SSSR count). The first kappa shape index (κ1) is 29.1. The van der Waals surface area contributed by atoms with Gasteiger partial charge in [0.15, 0.2) is 0 Å². The van der Waals surface area contributed by atoms with Crippen molar-refractivity contribution in [1.29, 1.82) is 0 Å². The van der Waals surface area contributed by atoms with Crippen LogP contribution in [0.5, 0.6) is 11.6 Å². The van der Waals surface area contributed by atoms with Gasteiger partial charge in [0, 0.05) is 18.2 Å². The monoisotopic (exact) mass is 572 g/mol. The third-order valence-corrected chi connectivity index (χ3v) is 6.19. The maximum absolute atomic E-state index is 13.2. The van der Waals surface area contributed by atoms with Crippen LogP contribution in [0.4, 0.5) is 4.79 Å². The highest BCUT2D eigenvalue weighted by Crippen LogP contribution is 2.42. The second-order valence-corrected chi connectivity index (χ2v) is 11.1. The number of aliphatic carboxylic acids is 1. The maximum atomic E-state index is 13.2. The molecule has 214 valence electrons. The predicted octanol–water partition coefficient (Wildman–Crippen LogP) is 6.16. The van der Waals surface area contributed by atoms with Gasteiger partial charge in [0.05, 0.1) is 29.8 Å². The van der Waals surface area contributed by atoms with Crippen molar-refractivity contribution in [2.75, 3.05) is 13.2 Å². The van der Waals surface area contributed by atoms with Crippen LogP contribution >= 0.6 is 11.6 Å². The van der Waals surface area contributed by atoms with E-state index in [1.54, 1.807) is 44.0 Å². The highest BCUT2D eigenvalue weighted by atomic mass is 35.5. The van der Waals surface area contributed by atoms with Crippen molar-refractivity contribution < 1.29 is 33.4 Å². The van der Waals surface area contributed by atoms with Crippen LogP contribution in [-0.4, -0.2) is 62.1 Å². The molecule has 0 bridgehead atoms. The van der Waals surface area contributed by atoms with Crippen molar-refractivity contribution in [3.8, 4) is 34.5 Å².